The zero-order valence-electron chi connectivity index (χ0n) is 14.8. The molecule has 0 saturated carbocycles. The van der Waals surface area contributed by atoms with Gasteiger partial charge in [0.05, 0.1) is 15.6 Å². The van der Waals surface area contributed by atoms with E-state index in [0.717, 1.165) is 11.8 Å². The van der Waals surface area contributed by atoms with Crippen LogP contribution in [0.1, 0.15) is 6.92 Å². The summed E-state index contributed by atoms with van der Waals surface area (Å²) in [6.07, 6.45) is 1.60. The fourth-order valence-corrected chi connectivity index (χ4v) is 4.19. The smallest absolute Gasteiger partial charge is 0.271 e. The molecule has 0 aliphatic heterocycles. The molecule has 0 saturated heterocycles. The van der Waals surface area contributed by atoms with Gasteiger partial charge in [-0.15, -0.1) is 17.9 Å². The van der Waals surface area contributed by atoms with Gasteiger partial charge in [-0.3, -0.25) is 24.3 Å². The van der Waals surface area contributed by atoms with Gasteiger partial charge in [-0.2, -0.15) is 0 Å². The van der Waals surface area contributed by atoms with E-state index in [2.05, 4.69) is 16.9 Å². The molecular formula is C18H16N4O4S2. The van der Waals surface area contributed by atoms with Gasteiger partial charge in [0.1, 0.15) is 4.83 Å². The summed E-state index contributed by atoms with van der Waals surface area (Å²) in [6, 6.07) is 7.44. The van der Waals surface area contributed by atoms with Crippen LogP contribution in [-0.4, -0.2) is 25.6 Å². The normalized spacial score (nSPS) is 11.9. The standard InChI is InChI=1S/C18H16N4O4S2/c1-3-8-21-17(24)14-7-9-27-16(14)20-18(21)28-11(2)15(23)19-12-5-4-6-13(10-12)22(25)26/h3-7,9-11H,1,8H2,2H3,(H,19,23). The summed E-state index contributed by atoms with van der Waals surface area (Å²) in [5.41, 5.74) is 0.0412. The van der Waals surface area contributed by atoms with Gasteiger partial charge >= 0.3 is 0 Å². The maximum absolute atomic E-state index is 12.6. The maximum atomic E-state index is 12.6. The number of thiophene rings is 1. The summed E-state index contributed by atoms with van der Waals surface area (Å²) < 4.78 is 1.48. The van der Waals surface area contributed by atoms with Crippen molar-refractivity contribution in [3.63, 3.8) is 0 Å². The highest BCUT2D eigenvalue weighted by Crippen LogP contribution is 2.26. The van der Waals surface area contributed by atoms with E-state index in [-0.39, 0.29) is 23.7 Å². The van der Waals surface area contributed by atoms with E-state index in [1.54, 1.807) is 30.5 Å². The number of allylic oxidation sites excluding steroid dienone is 1. The van der Waals surface area contributed by atoms with Crippen LogP contribution in [0.4, 0.5) is 11.4 Å². The number of fused-ring (bicyclic) bond motifs is 1. The molecule has 144 valence electrons. The van der Waals surface area contributed by atoms with Crippen LogP contribution in [0.5, 0.6) is 0 Å². The van der Waals surface area contributed by atoms with Crippen LogP contribution in [0.2, 0.25) is 0 Å². The SMILES string of the molecule is C=CCn1c(SC(C)C(=O)Nc2cccc([N+](=O)[O-])c2)nc2sccc2c1=O. The van der Waals surface area contributed by atoms with Crippen LogP contribution in [0.3, 0.4) is 0 Å². The first-order valence-electron chi connectivity index (χ1n) is 8.21. The van der Waals surface area contributed by atoms with Crippen molar-refractivity contribution in [2.75, 3.05) is 5.32 Å². The van der Waals surface area contributed by atoms with Crippen molar-refractivity contribution in [2.24, 2.45) is 0 Å². The van der Waals surface area contributed by atoms with E-state index in [9.17, 15) is 19.7 Å². The summed E-state index contributed by atoms with van der Waals surface area (Å²) in [5, 5.41) is 15.7. The molecule has 1 N–H and O–H groups in total. The lowest BCUT2D eigenvalue weighted by molar-refractivity contribution is -0.384. The Labute approximate surface area is 168 Å². The fourth-order valence-electron chi connectivity index (χ4n) is 2.46. The minimum absolute atomic E-state index is 0.109. The maximum Gasteiger partial charge on any atom is 0.271 e. The van der Waals surface area contributed by atoms with Gasteiger partial charge in [-0.1, -0.05) is 23.9 Å². The van der Waals surface area contributed by atoms with Crippen LogP contribution in [0.15, 0.2) is 58.3 Å². The Bertz CT molecular complexity index is 1120. The van der Waals surface area contributed by atoms with Crippen LogP contribution in [-0.2, 0) is 11.3 Å². The van der Waals surface area contributed by atoms with E-state index in [4.69, 9.17) is 0 Å². The molecule has 0 spiro atoms. The molecule has 0 aliphatic rings. The lowest BCUT2D eigenvalue weighted by Gasteiger charge is -2.14. The number of carbonyl (C=O) groups excluding carboxylic acids is 1. The summed E-state index contributed by atoms with van der Waals surface area (Å²) in [6.45, 7) is 5.63. The van der Waals surface area contributed by atoms with E-state index >= 15 is 0 Å². The summed E-state index contributed by atoms with van der Waals surface area (Å²) in [4.78, 5) is 40.6. The molecule has 3 rings (SSSR count). The molecule has 10 heteroatoms. The number of aromatic nitrogens is 2. The molecule has 0 aliphatic carbocycles. The number of hydrogen-bond acceptors (Lipinski definition) is 7. The fraction of sp³-hybridized carbons (Fsp3) is 0.167. The Morgan fingerprint density at radius 3 is 3.00 bits per heavy atom. The predicted molar refractivity (Wildman–Crippen MR) is 111 cm³/mol. The average Bonchev–Trinajstić information content (AvgIpc) is 3.13. The number of non-ortho nitro benzene ring substituents is 1. The quantitative estimate of drug-likeness (QED) is 0.207. The van der Waals surface area contributed by atoms with Crippen molar-refractivity contribution in [3.05, 3.63) is 68.8 Å². The highest BCUT2D eigenvalue weighted by Gasteiger charge is 2.20. The van der Waals surface area contributed by atoms with Gasteiger partial charge in [0.25, 0.3) is 11.2 Å². The first-order chi connectivity index (χ1) is 13.4. The molecule has 1 amide bonds. The van der Waals surface area contributed by atoms with Crippen LogP contribution in [0.25, 0.3) is 10.2 Å². The molecule has 0 fully saturated rings. The average molecular weight is 416 g/mol. The molecule has 0 radical (unpaired) electrons. The number of anilines is 1. The third kappa shape index (κ3) is 4.12. The molecule has 8 nitrogen and oxygen atoms in total. The zero-order valence-corrected chi connectivity index (χ0v) is 16.5. The highest BCUT2D eigenvalue weighted by atomic mass is 32.2. The van der Waals surface area contributed by atoms with Crippen molar-refractivity contribution in [2.45, 2.75) is 23.9 Å². The molecule has 1 aromatic carbocycles. The highest BCUT2D eigenvalue weighted by molar-refractivity contribution is 8.00. The molecule has 0 bridgehead atoms. The predicted octanol–water partition coefficient (Wildman–Crippen LogP) is 3.67. The van der Waals surface area contributed by atoms with Gasteiger partial charge in [0.2, 0.25) is 5.91 Å². The third-order valence-electron chi connectivity index (χ3n) is 3.84. The largest absolute Gasteiger partial charge is 0.325 e. The number of benzene rings is 1. The van der Waals surface area contributed by atoms with Crippen molar-refractivity contribution in [3.8, 4) is 0 Å². The molecule has 28 heavy (non-hydrogen) atoms. The number of rotatable bonds is 7. The number of carbonyl (C=O) groups is 1. The number of nitrogens with one attached hydrogen (secondary N) is 1. The number of amides is 1. The van der Waals surface area contributed by atoms with Crippen LogP contribution in [0, 0.1) is 10.1 Å². The minimum Gasteiger partial charge on any atom is -0.325 e. The van der Waals surface area contributed by atoms with Gasteiger partial charge in [-0.05, 0) is 24.4 Å². The monoisotopic (exact) mass is 416 g/mol. The molecule has 3 aromatic rings. The first-order valence-corrected chi connectivity index (χ1v) is 9.97. The molecule has 2 aromatic heterocycles. The molecule has 1 unspecified atom stereocenters. The molecule has 1 atom stereocenters. The Morgan fingerprint density at radius 1 is 1.50 bits per heavy atom. The number of thioether (sulfide) groups is 1. The van der Waals surface area contributed by atoms with Crippen molar-refractivity contribution in [1.82, 2.24) is 9.55 Å². The Morgan fingerprint density at radius 2 is 2.29 bits per heavy atom. The van der Waals surface area contributed by atoms with Gasteiger partial charge < -0.3 is 5.32 Å². The summed E-state index contributed by atoms with van der Waals surface area (Å²) in [7, 11) is 0. The second kappa shape index (κ2) is 8.36. The Kier molecular flexibility index (Phi) is 5.90. The van der Waals surface area contributed by atoms with Crippen molar-refractivity contribution < 1.29 is 9.72 Å². The van der Waals surface area contributed by atoms with E-state index in [0.29, 0.717) is 21.1 Å². The lowest BCUT2D eigenvalue weighted by Crippen LogP contribution is -2.26. The lowest BCUT2D eigenvalue weighted by atomic mass is 10.2. The number of nitro groups is 1. The van der Waals surface area contributed by atoms with Crippen molar-refractivity contribution in [1.29, 1.82) is 0 Å². The number of hydrogen-bond donors (Lipinski definition) is 1. The minimum atomic E-state index is -0.584. The molecule has 2 heterocycles. The number of nitrogens with zero attached hydrogens (tertiary/aromatic N) is 3. The second-order valence-electron chi connectivity index (χ2n) is 5.80. The van der Waals surface area contributed by atoms with Crippen LogP contribution < -0.4 is 10.9 Å². The topological polar surface area (TPSA) is 107 Å². The second-order valence-corrected chi connectivity index (χ2v) is 8.00. The Balaban J connectivity index is 1.83. The number of nitro benzene ring substituents is 1. The summed E-state index contributed by atoms with van der Waals surface area (Å²) in [5.74, 6) is -0.351. The van der Waals surface area contributed by atoms with E-state index < -0.39 is 10.2 Å². The van der Waals surface area contributed by atoms with Gasteiger partial charge in [-0.25, -0.2) is 4.98 Å². The third-order valence-corrected chi connectivity index (χ3v) is 5.73. The first kappa shape index (κ1) is 19.8. The van der Waals surface area contributed by atoms with Crippen molar-refractivity contribution >= 4 is 50.6 Å². The van der Waals surface area contributed by atoms with Gasteiger partial charge in [0, 0.05) is 24.4 Å². The zero-order chi connectivity index (χ0) is 20.3. The Hall–Kier alpha value is -2.98. The summed E-state index contributed by atoms with van der Waals surface area (Å²) >= 11 is 2.50. The van der Waals surface area contributed by atoms with Gasteiger partial charge in [0.15, 0.2) is 5.16 Å². The molecular weight excluding hydrogens is 400 g/mol. The van der Waals surface area contributed by atoms with Crippen LogP contribution >= 0.6 is 23.1 Å². The van der Waals surface area contributed by atoms with E-state index in [1.165, 1.54) is 34.1 Å². The van der Waals surface area contributed by atoms with E-state index in [1.807, 2.05) is 0 Å².